The molecule has 2 fully saturated rings. The molecule has 0 saturated carbocycles. The highest BCUT2D eigenvalue weighted by Gasteiger charge is 2.26. The van der Waals surface area contributed by atoms with Gasteiger partial charge in [0.05, 0.1) is 42.0 Å². The van der Waals surface area contributed by atoms with Crippen molar-refractivity contribution < 1.29 is 14.3 Å². The van der Waals surface area contributed by atoms with Crippen LogP contribution in [0.2, 0.25) is 0 Å². The van der Waals surface area contributed by atoms with Gasteiger partial charge in [-0.05, 0) is 62.6 Å². The van der Waals surface area contributed by atoms with Crippen LogP contribution >= 0.6 is 0 Å². The molecule has 8 heteroatoms. The van der Waals surface area contributed by atoms with Crippen LogP contribution in [0.15, 0.2) is 60.8 Å². The zero-order chi connectivity index (χ0) is 25.2. The number of likely N-dealkylation sites (tertiary alicyclic amines) is 1. The first kappa shape index (κ1) is 23.9. The third-order valence-electron chi connectivity index (χ3n) is 7.56. The van der Waals surface area contributed by atoms with Crippen molar-refractivity contribution in [3.8, 4) is 5.75 Å². The minimum atomic E-state index is 0.0744. The standard InChI is InChI=1S/C29H33N5O3/c1-21(35)22-7-8-27-28(17-22)33(18-26-12-16-36-26)29(31-27)19-32-14-10-23(11-15-32)34-24(9-13-30-34)20-37-25-5-3-2-4-6-25/h2-9,13,17,23,26H,10-12,14-16,18-20H2,1H3/t26-/m0/s1. The molecule has 6 rings (SSSR count). The number of hydrogen-bond donors (Lipinski definition) is 0. The lowest BCUT2D eigenvalue weighted by Crippen LogP contribution is -2.36. The predicted octanol–water partition coefficient (Wildman–Crippen LogP) is 4.64. The summed E-state index contributed by atoms with van der Waals surface area (Å²) in [6, 6.07) is 18.2. The van der Waals surface area contributed by atoms with Crippen molar-refractivity contribution in [2.75, 3.05) is 19.7 Å². The molecular weight excluding hydrogens is 466 g/mol. The second-order valence-corrected chi connectivity index (χ2v) is 10.1. The molecule has 0 spiro atoms. The Labute approximate surface area is 216 Å². The molecule has 0 unspecified atom stereocenters. The molecule has 0 N–H and O–H groups in total. The van der Waals surface area contributed by atoms with E-state index in [1.165, 1.54) is 0 Å². The van der Waals surface area contributed by atoms with E-state index in [4.69, 9.17) is 14.5 Å². The molecule has 192 valence electrons. The molecule has 2 aliphatic heterocycles. The van der Waals surface area contributed by atoms with E-state index in [1.807, 2.05) is 54.7 Å². The Morgan fingerprint density at radius 3 is 2.62 bits per heavy atom. The van der Waals surface area contributed by atoms with E-state index in [1.54, 1.807) is 6.92 Å². The summed E-state index contributed by atoms with van der Waals surface area (Å²) in [4.78, 5) is 19.5. The number of rotatable bonds is 9. The summed E-state index contributed by atoms with van der Waals surface area (Å²) >= 11 is 0. The number of aromatic nitrogens is 4. The molecule has 4 aromatic rings. The van der Waals surface area contributed by atoms with Gasteiger partial charge < -0.3 is 14.0 Å². The van der Waals surface area contributed by atoms with E-state index >= 15 is 0 Å². The highest BCUT2D eigenvalue weighted by Crippen LogP contribution is 2.27. The van der Waals surface area contributed by atoms with E-state index < -0.39 is 0 Å². The van der Waals surface area contributed by atoms with Gasteiger partial charge in [-0.2, -0.15) is 5.10 Å². The molecule has 37 heavy (non-hydrogen) atoms. The predicted molar refractivity (Wildman–Crippen MR) is 141 cm³/mol. The summed E-state index contributed by atoms with van der Waals surface area (Å²) in [5.41, 5.74) is 3.79. The number of piperidine rings is 1. The zero-order valence-electron chi connectivity index (χ0n) is 21.3. The van der Waals surface area contributed by atoms with Gasteiger partial charge in [-0.1, -0.05) is 18.2 Å². The number of ketones is 1. The number of imidazole rings is 1. The van der Waals surface area contributed by atoms with Crippen molar-refractivity contribution in [3.05, 3.63) is 77.9 Å². The Bertz CT molecular complexity index is 1370. The molecule has 0 bridgehead atoms. The smallest absolute Gasteiger partial charge is 0.159 e. The highest BCUT2D eigenvalue weighted by molar-refractivity contribution is 5.97. The second-order valence-electron chi connectivity index (χ2n) is 10.1. The molecule has 2 aromatic carbocycles. The van der Waals surface area contributed by atoms with Crippen molar-refractivity contribution in [2.24, 2.45) is 0 Å². The summed E-state index contributed by atoms with van der Waals surface area (Å²) in [5.74, 6) is 1.99. The van der Waals surface area contributed by atoms with Crippen molar-refractivity contribution >= 4 is 16.8 Å². The van der Waals surface area contributed by atoms with E-state index in [2.05, 4.69) is 25.3 Å². The number of benzene rings is 2. The Morgan fingerprint density at radius 1 is 1.08 bits per heavy atom. The van der Waals surface area contributed by atoms with Crippen molar-refractivity contribution in [3.63, 3.8) is 0 Å². The molecule has 1 atom stereocenters. The van der Waals surface area contributed by atoms with Gasteiger partial charge in [0, 0.05) is 31.5 Å². The summed E-state index contributed by atoms with van der Waals surface area (Å²) in [6.07, 6.45) is 5.22. The highest BCUT2D eigenvalue weighted by atomic mass is 16.5. The number of carbonyl (C=O) groups is 1. The molecule has 2 saturated heterocycles. The quantitative estimate of drug-likeness (QED) is 0.313. The van der Waals surface area contributed by atoms with Crippen molar-refractivity contribution in [1.82, 2.24) is 24.2 Å². The van der Waals surface area contributed by atoms with Crippen LogP contribution in [0.25, 0.3) is 11.0 Å². The Hall–Kier alpha value is -3.49. The number of carbonyl (C=O) groups excluding carboxylic acids is 1. The zero-order valence-corrected chi connectivity index (χ0v) is 21.3. The number of ether oxygens (including phenoxy) is 2. The first-order chi connectivity index (χ1) is 18.1. The number of hydrogen-bond acceptors (Lipinski definition) is 6. The van der Waals surface area contributed by atoms with E-state index in [9.17, 15) is 4.79 Å². The maximum Gasteiger partial charge on any atom is 0.159 e. The maximum atomic E-state index is 12.0. The van der Waals surface area contributed by atoms with Gasteiger partial charge >= 0.3 is 0 Å². The van der Waals surface area contributed by atoms with Crippen LogP contribution in [0.5, 0.6) is 5.75 Å². The van der Waals surface area contributed by atoms with Gasteiger partial charge in [-0.15, -0.1) is 0 Å². The summed E-state index contributed by atoms with van der Waals surface area (Å²) < 4.78 is 16.1. The number of nitrogens with zero attached hydrogens (tertiary/aromatic N) is 5. The first-order valence-electron chi connectivity index (χ1n) is 13.2. The molecule has 2 aromatic heterocycles. The monoisotopic (exact) mass is 499 g/mol. The van der Waals surface area contributed by atoms with E-state index in [0.29, 0.717) is 12.6 Å². The fourth-order valence-electron chi connectivity index (χ4n) is 5.33. The van der Waals surface area contributed by atoms with Crippen LogP contribution in [-0.4, -0.2) is 55.8 Å². The van der Waals surface area contributed by atoms with Crippen LogP contribution in [0, 0.1) is 0 Å². The molecule has 0 aliphatic carbocycles. The minimum absolute atomic E-state index is 0.0744. The van der Waals surface area contributed by atoms with Crippen LogP contribution in [-0.2, 0) is 24.4 Å². The van der Waals surface area contributed by atoms with Gasteiger partial charge in [0.2, 0.25) is 0 Å². The van der Waals surface area contributed by atoms with Crippen molar-refractivity contribution in [2.45, 2.75) is 58.0 Å². The summed E-state index contributed by atoms with van der Waals surface area (Å²) in [7, 11) is 0. The number of fused-ring (bicyclic) bond motifs is 1. The Balaban J connectivity index is 1.13. The lowest BCUT2D eigenvalue weighted by Gasteiger charge is -2.33. The minimum Gasteiger partial charge on any atom is -0.487 e. The topological polar surface area (TPSA) is 74.4 Å². The molecule has 0 radical (unpaired) electrons. The SMILES string of the molecule is CC(=O)c1ccc2nc(CN3CCC(n4nccc4COc4ccccc4)CC3)n(C[C@@H]3CCO3)c2c1. The molecule has 2 aliphatic rings. The number of para-hydroxylation sites is 1. The summed E-state index contributed by atoms with van der Waals surface area (Å²) in [5, 5.41) is 4.64. The van der Waals surface area contributed by atoms with Gasteiger partial charge in [0.15, 0.2) is 5.78 Å². The van der Waals surface area contributed by atoms with E-state index in [-0.39, 0.29) is 11.9 Å². The van der Waals surface area contributed by atoms with Crippen molar-refractivity contribution in [1.29, 1.82) is 0 Å². The van der Waals surface area contributed by atoms with E-state index in [0.717, 1.165) is 85.9 Å². The van der Waals surface area contributed by atoms with Gasteiger partial charge in [0.1, 0.15) is 18.2 Å². The largest absolute Gasteiger partial charge is 0.487 e. The van der Waals surface area contributed by atoms with Gasteiger partial charge in [0.25, 0.3) is 0 Å². The van der Waals surface area contributed by atoms with Gasteiger partial charge in [-0.25, -0.2) is 4.98 Å². The second kappa shape index (κ2) is 10.5. The Kier molecular flexibility index (Phi) is 6.76. The fraction of sp³-hybridized carbons (Fsp3) is 0.414. The molecule has 8 nitrogen and oxygen atoms in total. The average Bonchev–Trinajstić information content (AvgIpc) is 3.50. The lowest BCUT2D eigenvalue weighted by molar-refractivity contribution is -0.0592. The fourth-order valence-corrected chi connectivity index (χ4v) is 5.33. The van der Waals surface area contributed by atoms with Gasteiger partial charge in [-0.3, -0.25) is 14.4 Å². The molecule has 0 amide bonds. The molecular formula is C29H33N5O3. The molecule has 4 heterocycles. The Morgan fingerprint density at radius 2 is 1.89 bits per heavy atom. The number of Topliss-reactive ketones (excluding diaryl/α,β-unsaturated/α-hetero) is 1. The van der Waals surface area contributed by atoms with Crippen LogP contribution in [0.4, 0.5) is 0 Å². The van der Waals surface area contributed by atoms with Crippen LogP contribution in [0.3, 0.4) is 0 Å². The van der Waals surface area contributed by atoms with Crippen LogP contribution in [0.1, 0.15) is 54.1 Å². The summed E-state index contributed by atoms with van der Waals surface area (Å²) in [6.45, 7) is 6.47. The third-order valence-corrected chi connectivity index (χ3v) is 7.56. The lowest BCUT2D eigenvalue weighted by atomic mass is 10.0. The average molecular weight is 500 g/mol. The van der Waals surface area contributed by atoms with Crippen LogP contribution < -0.4 is 4.74 Å². The normalized spacial score (nSPS) is 18.7. The first-order valence-corrected chi connectivity index (χ1v) is 13.2. The maximum absolute atomic E-state index is 12.0. The third kappa shape index (κ3) is 5.17.